The van der Waals surface area contributed by atoms with Crippen molar-refractivity contribution < 1.29 is 23.5 Å². The third-order valence-corrected chi connectivity index (χ3v) is 8.12. The minimum atomic E-state index is -0.321. The monoisotopic (exact) mass is 550 g/mol. The summed E-state index contributed by atoms with van der Waals surface area (Å²) >= 11 is 1.36. The molecule has 8 nitrogen and oxygen atoms in total. The van der Waals surface area contributed by atoms with Gasteiger partial charge in [0, 0.05) is 51.4 Å². The van der Waals surface area contributed by atoms with Crippen molar-refractivity contribution in [3.05, 3.63) is 81.1 Å². The Labute approximate surface area is 231 Å². The Morgan fingerprint density at radius 2 is 1.74 bits per heavy atom. The maximum absolute atomic E-state index is 13.7. The number of nitrogens with zero attached hydrogens (tertiary/aromatic N) is 4. The average molecular weight is 551 g/mol. The number of amides is 3. The fraction of sp³-hybridized carbons (Fsp3) is 0.379. The molecule has 1 fully saturated rings. The van der Waals surface area contributed by atoms with E-state index < -0.39 is 0 Å². The number of aromatic nitrogens is 1. The minimum Gasteiger partial charge on any atom is -0.486 e. The number of fused-ring (bicyclic) bond motifs is 1. The number of piperazine rings is 1. The normalized spacial score (nSPS) is 17.1. The second-order valence-corrected chi connectivity index (χ2v) is 10.7. The Morgan fingerprint density at radius 1 is 1.03 bits per heavy atom. The first-order chi connectivity index (χ1) is 18.8. The van der Waals surface area contributed by atoms with Gasteiger partial charge in [0.1, 0.15) is 28.9 Å². The second kappa shape index (κ2) is 11.5. The van der Waals surface area contributed by atoms with Crippen LogP contribution in [0.5, 0.6) is 5.75 Å². The van der Waals surface area contributed by atoms with Crippen molar-refractivity contribution in [3.63, 3.8) is 0 Å². The molecule has 39 heavy (non-hydrogen) atoms. The van der Waals surface area contributed by atoms with Crippen LogP contribution >= 0.6 is 11.3 Å². The van der Waals surface area contributed by atoms with E-state index in [-0.39, 0.29) is 36.2 Å². The Bertz CT molecular complexity index is 1370. The van der Waals surface area contributed by atoms with Gasteiger partial charge in [0.2, 0.25) is 11.8 Å². The predicted molar refractivity (Wildman–Crippen MR) is 145 cm³/mol. The van der Waals surface area contributed by atoms with Crippen LogP contribution in [-0.4, -0.2) is 70.1 Å². The molecule has 2 aliphatic rings. The van der Waals surface area contributed by atoms with Crippen molar-refractivity contribution in [1.29, 1.82) is 0 Å². The molecule has 2 aromatic carbocycles. The highest BCUT2D eigenvalue weighted by atomic mass is 32.1. The molecule has 204 valence electrons. The first-order valence-corrected chi connectivity index (χ1v) is 14.0. The third-order valence-electron chi connectivity index (χ3n) is 7.30. The molecule has 0 aliphatic carbocycles. The van der Waals surface area contributed by atoms with E-state index in [0.29, 0.717) is 55.6 Å². The van der Waals surface area contributed by atoms with Crippen LogP contribution in [0.2, 0.25) is 0 Å². The molecule has 3 aromatic rings. The van der Waals surface area contributed by atoms with Gasteiger partial charge in [-0.1, -0.05) is 25.1 Å². The van der Waals surface area contributed by atoms with E-state index >= 15 is 0 Å². The summed E-state index contributed by atoms with van der Waals surface area (Å²) in [5, 5.41) is 2.42. The molecule has 3 amide bonds. The summed E-state index contributed by atoms with van der Waals surface area (Å²) < 4.78 is 19.7. The quantitative estimate of drug-likeness (QED) is 0.463. The number of ether oxygens (including phenoxy) is 1. The zero-order valence-corrected chi connectivity index (χ0v) is 22.9. The molecule has 2 aliphatic heterocycles. The first-order valence-electron chi connectivity index (χ1n) is 13.1. The molecule has 0 bridgehead atoms. The SMILES string of the molecule is CCC(=O)N1CCc2ccc(OCc3nc(C(=O)N4CCN(C(C)=O)CC4)cs3)cc2[C@H]1c1ccc(F)cc1. The molecule has 3 heterocycles. The molecular formula is C29H31FN4O4S. The summed E-state index contributed by atoms with van der Waals surface area (Å²) in [6.07, 6.45) is 1.12. The van der Waals surface area contributed by atoms with Gasteiger partial charge in [0.15, 0.2) is 0 Å². The molecule has 1 aromatic heterocycles. The molecule has 5 rings (SSSR count). The van der Waals surface area contributed by atoms with Gasteiger partial charge < -0.3 is 19.4 Å². The van der Waals surface area contributed by atoms with Gasteiger partial charge in [-0.2, -0.15) is 0 Å². The highest BCUT2D eigenvalue weighted by Crippen LogP contribution is 2.37. The zero-order valence-electron chi connectivity index (χ0n) is 22.1. The Hall–Kier alpha value is -3.79. The van der Waals surface area contributed by atoms with Crippen LogP contribution in [0.15, 0.2) is 47.8 Å². The smallest absolute Gasteiger partial charge is 0.273 e. The van der Waals surface area contributed by atoms with Crippen LogP contribution in [0.1, 0.15) is 58.5 Å². The number of benzene rings is 2. The standard InChI is InChI=1S/C29H31FN4O4S/c1-3-27(36)34-11-10-20-6-9-23(16-24(20)28(34)21-4-7-22(30)8-5-21)38-17-26-31-25(18-39-26)29(37)33-14-12-32(13-15-33)19(2)35/h4-9,16,18,28H,3,10-15,17H2,1-2H3/t28-/m1/s1. The predicted octanol–water partition coefficient (Wildman–Crippen LogP) is 4.05. The molecule has 10 heteroatoms. The number of rotatable bonds is 6. The summed E-state index contributed by atoms with van der Waals surface area (Å²) in [4.78, 5) is 47.1. The maximum Gasteiger partial charge on any atom is 0.273 e. The van der Waals surface area contributed by atoms with E-state index in [1.807, 2.05) is 30.0 Å². The molecular weight excluding hydrogens is 519 g/mol. The topological polar surface area (TPSA) is 83.1 Å². The fourth-order valence-electron chi connectivity index (χ4n) is 5.17. The lowest BCUT2D eigenvalue weighted by atomic mass is 9.87. The number of thiazole rings is 1. The van der Waals surface area contributed by atoms with Crippen LogP contribution < -0.4 is 4.74 Å². The number of halogens is 1. The van der Waals surface area contributed by atoms with E-state index in [4.69, 9.17) is 4.74 Å². The average Bonchev–Trinajstić information content (AvgIpc) is 3.44. The lowest BCUT2D eigenvalue weighted by Gasteiger charge is -2.38. The van der Waals surface area contributed by atoms with Gasteiger partial charge in [0.25, 0.3) is 5.91 Å². The van der Waals surface area contributed by atoms with Crippen LogP contribution in [0, 0.1) is 5.82 Å². The third kappa shape index (κ3) is 5.80. The maximum atomic E-state index is 13.7. The minimum absolute atomic E-state index is 0.0195. The summed E-state index contributed by atoms with van der Waals surface area (Å²) in [5.74, 6) is 0.238. The van der Waals surface area contributed by atoms with Crippen LogP contribution in [0.3, 0.4) is 0 Å². The second-order valence-electron chi connectivity index (χ2n) is 9.72. The van der Waals surface area contributed by atoms with Crippen molar-refractivity contribution >= 4 is 29.1 Å². The highest BCUT2D eigenvalue weighted by molar-refractivity contribution is 7.09. The summed E-state index contributed by atoms with van der Waals surface area (Å²) in [5.41, 5.74) is 3.32. The molecule has 0 saturated carbocycles. The largest absolute Gasteiger partial charge is 0.486 e. The van der Waals surface area contributed by atoms with Gasteiger partial charge in [-0.15, -0.1) is 11.3 Å². The molecule has 1 saturated heterocycles. The molecule has 0 spiro atoms. The van der Waals surface area contributed by atoms with Crippen LogP contribution in [0.4, 0.5) is 4.39 Å². The Kier molecular flexibility index (Phi) is 7.92. The summed E-state index contributed by atoms with van der Waals surface area (Å²) in [6, 6.07) is 11.9. The van der Waals surface area contributed by atoms with Crippen molar-refractivity contribution in [2.45, 2.75) is 39.3 Å². The molecule has 0 radical (unpaired) electrons. The number of hydrogen-bond donors (Lipinski definition) is 0. The first kappa shape index (κ1) is 26.8. The van der Waals surface area contributed by atoms with Gasteiger partial charge in [-0.05, 0) is 47.4 Å². The molecule has 1 atom stereocenters. The van der Waals surface area contributed by atoms with E-state index in [1.165, 1.54) is 30.4 Å². The summed E-state index contributed by atoms with van der Waals surface area (Å²) in [6.45, 7) is 6.22. The lowest BCUT2D eigenvalue weighted by molar-refractivity contribution is -0.133. The van der Waals surface area contributed by atoms with E-state index in [0.717, 1.165) is 23.1 Å². The van der Waals surface area contributed by atoms with E-state index in [9.17, 15) is 18.8 Å². The number of hydrogen-bond acceptors (Lipinski definition) is 6. The van der Waals surface area contributed by atoms with E-state index in [2.05, 4.69) is 4.98 Å². The summed E-state index contributed by atoms with van der Waals surface area (Å²) in [7, 11) is 0. The number of carbonyl (C=O) groups is 3. The van der Waals surface area contributed by atoms with Crippen LogP contribution in [-0.2, 0) is 22.6 Å². The highest BCUT2D eigenvalue weighted by Gasteiger charge is 2.32. The van der Waals surface area contributed by atoms with Gasteiger partial charge >= 0.3 is 0 Å². The van der Waals surface area contributed by atoms with Crippen molar-refractivity contribution in [2.24, 2.45) is 0 Å². The van der Waals surface area contributed by atoms with Gasteiger partial charge in [-0.25, -0.2) is 9.37 Å². The van der Waals surface area contributed by atoms with Gasteiger partial charge in [-0.3, -0.25) is 14.4 Å². The Balaban J connectivity index is 1.29. The molecule has 0 N–H and O–H groups in total. The number of carbonyl (C=O) groups excluding carboxylic acids is 3. The van der Waals surface area contributed by atoms with Crippen molar-refractivity contribution in [3.8, 4) is 5.75 Å². The zero-order chi connectivity index (χ0) is 27.5. The van der Waals surface area contributed by atoms with E-state index in [1.54, 1.807) is 27.3 Å². The van der Waals surface area contributed by atoms with Gasteiger partial charge in [0.05, 0.1) is 6.04 Å². The lowest BCUT2D eigenvalue weighted by Crippen LogP contribution is -2.50. The van der Waals surface area contributed by atoms with Crippen LogP contribution in [0.25, 0.3) is 0 Å². The molecule has 0 unspecified atom stereocenters. The van der Waals surface area contributed by atoms with Crippen molar-refractivity contribution in [1.82, 2.24) is 19.7 Å². The van der Waals surface area contributed by atoms with Crippen molar-refractivity contribution in [2.75, 3.05) is 32.7 Å². The Morgan fingerprint density at radius 3 is 2.44 bits per heavy atom. The fourth-order valence-corrected chi connectivity index (χ4v) is 5.85.